The van der Waals surface area contributed by atoms with E-state index in [9.17, 15) is 9.18 Å². The van der Waals surface area contributed by atoms with Crippen molar-refractivity contribution < 1.29 is 9.18 Å². The fourth-order valence-electron chi connectivity index (χ4n) is 1.33. The van der Waals surface area contributed by atoms with Crippen molar-refractivity contribution in [1.29, 1.82) is 0 Å². The van der Waals surface area contributed by atoms with Crippen LogP contribution in [0.15, 0.2) is 36.5 Å². The lowest BCUT2D eigenvalue weighted by atomic mass is 10.2. The minimum absolute atomic E-state index is 0.0472. The third kappa shape index (κ3) is 2.75. The predicted molar refractivity (Wildman–Crippen MR) is 68.0 cm³/mol. The molecule has 1 aromatic heterocycles. The number of nitrogens with zero attached hydrogens (tertiary/aromatic N) is 1. The molecule has 1 aromatic carbocycles. The van der Waals surface area contributed by atoms with Gasteiger partial charge in [0.15, 0.2) is 0 Å². The average Bonchev–Trinajstić information content (AvgIpc) is 2.33. The van der Waals surface area contributed by atoms with Crippen LogP contribution in [0.5, 0.6) is 0 Å². The molecule has 18 heavy (non-hydrogen) atoms. The highest BCUT2D eigenvalue weighted by molar-refractivity contribution is 6.30. The van der Waals surface area contributed by atoms with Crippen molar-refractivity contribution in [2.75, 3.05) is 11.1 Å². The van der Waals surface area contributed by atoms with Crippen LogP contribution in [-0.2, 0) is 0 Å². The minimum atomic E-state index is -0.600. The first-order valence-electron chi connectivity index (χ1n) is 5.04. The number of rotatable bonds is 2. The van der Waals surface area contributed by atoms with Gasteiger partial charge in [-0.25, -0.2) is 9.37 Å². The fourth-order valence-corrected chi connectivity index (χ4v) is 1.44. The van der Waals surface area contributed by atoms with Gasteiger partial charge in [-0.1, -0.05) is 11.6 Å². The van der Waals surface area contributed by atoms with Gasteiger partial charge in [-0.05, 0) is 30.3 Å². The van der Waals surface area contributed by atoms with Crippen molar-refractivity contribution in [3.05, 3.63) is 53.1 Å². The lowest BCUT2D eigenvalue weighted by Gasteiger charge is -2.06. The molecule has 0 bridgehead atoms. The van der Waals surface area contributed by atoms with Crippen molar-refractivity contribution in [1.82, 2.24) is 4.98 Å². The first-order valence-corrected chi connectivity index (χ1v) is 5.42. The van der Waals surface area contributed by atoms with Crippen LogP contribution in [-0.4, -0.2) is 10.9 Å². The number of amides is 1. The summed E-state index contributed by atoms with van der Waals surface area (Å²) in [6, 6.07) is 6.99. The van der Waals surface area contributed by atoms with E-state index in [1.54, 1.807) is 0 Å². The van der Waals surface area contributed by atoms with Crippen LogP contribution in [0, 0.1) is 5.82 Å². The lowest BCUT2D eigenvalue weighted by Crippen LogP contribution is -2.14. The van der Waals surface area contributed by atoms with Crippen molar-refractivity contribution >= 4 is 28.9 Å². The van der Waals surface area contributed by atoms with Gasteiger partial charge in [0, 0.05) is 11.9 Å². The monoisotopic (exact) mass is 265 g/mol. The smallest absolute Gasteiger partial charge is 0.274 e. The molecule has 0 radical (unpaired) electrons. The summed E-state index contributed by atoms with van der Waals surface area (Å²) in [5.74, 6) is -1.12. The van der Waals surface area contributed by atoms with Crippen molar-refractivity contribution in [3.63, 3.8) is 0 Å². The molecule has 0 aliphatic heterocycles. The molecule has 0 saturated heterocycles. The summed E-state index contributed by atoms with van der Waals surface area (Å²) in [7, 11) is 0. The number of hydrogen-bond acceptors (Lipinski definition) is 3. The summed E-state index contributed by atoms with van der Waals surface area (Å²) in [5.41, 5.74) is 5.89. The van der Waals surface area contributed by atoms with Gasteiger partial charge in [0.2, 0.25) is 0 Å². The number of aromatic nitrogens is 1. The zero-order chi connectivity index (χ0) is 13.1. The number of nitrogen functional groups attached to an aromatic ring is 1. The summed E-state index contributed by atoms with van der Waals surface area (Å²) in [6.07, 6.45) is 1.34. The number of carbonyl (C=O) groups is 1. The third-order valence-electron chi connectivity index (χ3n) is 2.20. The Hall–Kier alpha value is -2.14. The molecule has 4 nitrogen and oxygen atoms in total. The van der Waals surface area contributed by atoms with E-state index in [4.69, 9.17) is 17.3 Å². The van der Waals surface area contributed by atoms with E-state index < -0.39 is 11.7 Å². The maximum Gasteiger partial charge on any atom is 0.274 e. The van der Waals surface area contributed by atoms with Gasteiger partial charge in [-0.15, -0.1) is 0 Å². The Morgan fingerprint density at radius 1 is 1.33 bits per heavy atom. The van der Waals surface area contributed by atoms with Gasteiger partial charge in [-0.3, -0.25) is 4.79 Å². The summed E-state index contributed by atoms with van der Waals surface area (Å²) in [6.45, 7) is 0. The van der Waals surface area contributed by atoms with E-state index in [-0.39, 0.29) is 17.1 Å². The van der Waals surface area contributed by atoms with Crippen LogP contribution in [0.4, 0.5) is 15.8 Å². The van der Waals surface area contributed by atoms with Crippen LogP contribution >= 0.6 is 11.6 Å². The van der Waals surface area contributed by atoms with Gasteiger partial charge in [0.1, 0.15) is 11.5 Å². The van der Waals surface area contributed by atoms with Crippen molar-refractivity contribution in [2.45, 2.75) is 0 Å². The number of nitrogens with two attached hydrogens (primary N) is 1. The summed E-state index contributed by atoms with van der Waals surface area (Å²) >= 11 is 5.65. The topological polar surface area (TPSA) is 68.0 Å². The molecule has 2 rings (SSSR count). The molecular formula is C12H9ClFN3O. The van der Waals surface area contributed by atoms with Crippen LogP contribution in [0.1, 0.15) is 10.5 Å². The van der Waals surface area contributed by atoms with Gasteiger partial charge in [-0.2, -0.15) is 0 Å². The molecule has 6 heteroatoms. The first kappa shape index (κ1) is 12.3. The average molecular weight is 266 g/mol. The Morgan fingerprint density at radius 2 is 2.11 bits per heavy atom. The number of hydrogen-bond donors (Lipinski definition) is 2. The minimum Gasteiger partial charge on any atom is -0.399 e. The Morgan fingerprint density at radius 3 is 2.72 bits per heavy atom. The Labute approximate surface area is 108 Å². The van der Waals surface area contributed by atoms with E-state index in [2.05, 4.69) is 10.3 Å². The van der Waals surface area contributed by atoms with Crippen molar-refractivity contribution in [2.24, 2.45) is 0 Å². The molecule has 3 N–H and O–H groups in total. The molecule has 92 valence electrons. The van der Waals surface area contributed by atoms with E-state index in [1.165, 1.54) is 30.5 Å². The molecular weight excluding hydrogens is 257 g/mol. The second-order valence-electron chi connectivity index (χ2n) is 3.56. The van der Waals surface area contributed by atoms with Crippen molar-refractivity contribution in [3.8, 4) is 0 Å². The SMILES string of the molecule is Nc1ccc(NC(=O)c2ccc(Cl)cn2)c(F)c1. The zero-order valence-corrected chi connectivity index (χ0v) is 9.91. The van der Waals surface area contributed by atoms with Gasteiger partial charge < -0.3 is 11.1 Å². The highest BCUT2D eigenvalue weighted by Gasteiger charge is 2.10. The first-order chi connectivity index (χ1) is 8.56. The summed E-state index contributed by atoms with van der Waals surface area (Å²) < 4.78 is 13.5. The Balaban J connectivity index is 2.18. The molecule has 0 saturated carbocycles. The quantitative estimate of drug-likeness (QED) is 0.821. The number of carbonyl (C=O) groups excluding carboxylic acids is 1. The lowest BCUT2D eigenvalue weighted by molar-refractivity contribution is 0.102. The molecule has 1 heterocycles. The molecule has 0 fully saturated rings. The van der Waals surface area contributed by atoms with Gasteiger partial charge in [0.25, 0.3) is 5.91 Å². The summed E-state index contributed by atoms with van der Waals surface area (Å²) in [5, 5.41) is 2.82. The van der Waals surface area contributed by atoms with Crippen LogP contribution in [0.25, 0.3) is 0 Å². The number of nitrogens with one attached hydrogen (secondary N) is 1. The largest absolute Gasteiger partial charge is 0.399 e. The van der Waals surface area contributed by atoms with Crippen LogP contribution in [0.3, 0.4) is 0 Å². The normalized spacial score (nSPS) is 10.1. The number of anilines is 2. The number of halogens is 2. The second-order valence-corrected chi connectivity index (χ2v) is 3.99. The standard InChI is InChI=1S/C12H9ClFN3O/c13-7-1-3-11(16-6-7)12(18)17-10-4-2-8(15)5-9(10)14/h1-6H,15H2,(H,17,18). The summed E-state index contributed by atoms with van der Waals surface area (Å²) in [4.78, 5) is 15.6. The predicted octanol–water partition coefficient (Wildman–Crippen LogP) is 2.71. The number of pyridine rings is 1. The van der Waals surface area contributed by atoms with Crippen LogP contribution in [0.2, 0.25) is 5.02 Å². The molecule has 1 amide bonds. The number of benzene rings is 1. The zero-order valence-electron chi connectivity index (χ0n) is 9.15. The molecule has 0 aliphatic rings. The van der Waals surface area contributed by atoms with Gasteiger partial charge >= 0.3 is 0 Å². The van der Waals surface area contributed by atoms with Crippen LogP contribution < -0.4 is 11.1 Å². The third-order valence-corrected chi connectivity index (χ3v) is 2.42. The maximum absolute atomic E-state index is 13.5. The molecule has 2 aromatic rings. The highest BCUT2D eigenvalue weighted by atomic mass is 35.5. The molecule has 0 unspecified atom stereocenters. The highest BCUT2D eigenvalue weighted by Crippen LogP contribution is 2.17. The Bertz CT molecular complexity index is 586. The maximum atomic E-state index is 13.5. The molecule has 0 atom stereocenters. The fraction of sp³-hybridized carbons (Fsp3) is 0. The van der Waals surface area contributed by atoms with E-state index in [0.29, 0.717) is 5.02 Å². The molecule has 0 aliphatic carbocycles. The van der Waals surface area contributed by atoms with E-state index in [1.807, 2.05) is 0 Å². The van der Waals surface area contributed by atoms with E-state index in [0.717, 1.165) is 6.07 Å². The van der Waals surface area contributed by atoms with E-state index >= 15 is 0 Å². The van der Waals surface area contributed by atoms with Gasteiger partial charge in [0.05, 0.1) is 10.7 Å². The molecule has 0 spiro atoms. The second kappa shape index (κ2) is 5.01. The Kier molecular flexibility index (Phi) is 3.43.